The monoisotopic (exact) mass is 243 g/mol. The molecule has 1 aliphatic rings. The molecular weight excluding hydrogens is 222 g/mol. The minimum atomic E-state index is 0.448. The van der Waals surface area contributed by atoms with Crippen LogP contribution in [0.5, 0.6) is 0 Å². The van der Waals surface area contributed by atoms with Gasteiger partial charge in [0.15, 0.2) is 0 Å². The quantitative estimate of drug-likeness (QED) is 0.825. The fraction of sp³-hybridized carbons (Fsp3) is 0.533. The van der Waals surface area contributed by atoms with Crippen molar-refractivity contribution < 1.29 is 0 Å². The second kappa shape index (κ2) is 6.42. The molecule has 0 amide bonds. The number of hydrogen-bond acceptors (Lipinski definition) is 3. The lowest BCUT2D eigenvalue weighted by molar-refractivity contribution is 0.438. The van der Waals surface area contributed by atoms with Crippen molar-refractivity contribution in [3.63, 3.8) is 0 Å². The molecule has 1 atom stereocenters. The van der Waals surface area contributed by atoms with Gasteiger partial charge < -0.3 is 4.90 Å². The molecule has 2 rings (SSSR count). The number of nitrogens with zero attached hydrogens (tertiary/aromatic N) is 2. The van der Waals surface area contributed by atoms with Gasteiger partial charge >= 0.3 is 0 Å². The number of anilines is 1. The van der Waals surface area contributed by atoms with Crippen LogP contribution in [0.3, 0.4) is 0 Å². The zero-order valence-corrected chi connectivity index (χ0v) is 11.0. The third-order valence-electron chi connectivity index (χ3n) is 3.60. The van der Waals surface area contributed by atoms with Crippen LogP contribution in [0.15, 0.2) is 24.3 Å². The highest BCUT2D eigenvalue weighted by Crippen LogP contribution is 2.24. The van der Waals surface area contributed by atoms with E-state index >= 15 is 0 Å². The summed E-state index contributed by atoms with van der Waals surface area (Å²) in [7, 11) is 0. The van der Waals surface area contributed by atoms with E-state index in [1.807, 2.05) is 0 Å². The topological polar surface area (TPSA) is 39.1 Å². The van der Waals surface area contributed by atoms with Crippen LogP contribution in [-0.4, -0.2) is 25.7 Å². The maximum atomic E-state index is 8.64. The summed E-state index contributed by atoms with van der Waals surface area (Å²) in [4.78, 5) is 2.46. The number of benzene rings is 1. The Morgan fingerprint density at radius 3 is 3.06 bits per heavy atom. The Morgan fingerprint density at radius 1 is 1.44 bits per heavy atom. The first-order valence-electron chi connectivity index (χ1n) is 6.78. The highest BCUT2D eigenvalue weighted by atomic mass is 15.2. The number of piperidine rings is 1. The molecule has 1 heterocycles. The number of aryl methyl sites for hydroxylation is 1. The number of nitrogens with one attached hydrogen (secondary N) is 1. The van der Waals surface area contributed by atoms with Crippen LogP contribution in [0.2, 0.25) is 0 Å². The summed E-state index contributed by atoms with van der Waals surface area (Å²) >= 11 is 0. The van der Waals surface area contributed by atoms with Crippen LogP contribution in [0.25, 0.3) is 0 Å². The minimum absolute atomic E-state index is 0.448. The Kier molecular flexibility index (Phi) is 4.60. The Balaban J connectivity index is 2.06. The molecule has 0 saturated carbocycles. The van der Waals surface area contributed by atoms with E-state index in [-0.39, 0.29) is 0 Å². The highest BCUT2D eigenvalue weighted by Gasteiger charge is 2.20. The molecule has 1 aromatic carbocycles. The number of rotatable bonds is 4. The first kappa shape index (κ1) is 12.9. The maximum absolute atomic E-state index is 8.64. The van der Waals surface area contributed by atoms with E-state index in [9.17, 15) is 0 Å². The van der Waals surface area contributed by atoms with Crippen molar-refractivity contribution in [2.24, 2.45) is 0 Å². The Labute approximate surface area is 109 Å². The molecule has 0 aliphatic carbocycles. The standard InChI is InChI=1S/C15H21N3/c1-2-13-6-3-4-8-15(13)18-11-5-7-14(12-18)17-10-9-16/h3-4,6,8,14,17H,2,5,7,10-12H2,1H3. The van der Waals surface area contributed by atoms with Gasteiger partial charge in [-0.1, -0.05) is 25.1 Å². The van der Waals surface area contributed by atoms with Crippen LogP contribution in [0.4, 0.5) is 5.69 Å². The van der Waals surface area contributed by atoms with E-state index in [1.165, 1.54) is 24.1 Å². The number of nitriles is 1. The lowest BCUT2D eigenvalue weighted by atomic mass is 10.0. The van der Waals surface area contributed by atoms with Crippen LogP contribution in [-0.2, 0) is 6.42 Å². The van der Waals surface area contributed by atoms with Gasteiger partial charge in [0, 0.05) is 24.8 Å². The van der Waals surface area contributed by atoms with Gasteiger partial charge in [0.05, 0.1) is 12.6 Å². The van der Waals surface area contributed by atoms with E-state index in [4.69, 9.17) is 5.26 Å². The normalized spacial score (nSPS) is 19.6. The third-order valence-corrected chi connectivity index (χ3v) is 3.60. The first-order chi connectivity index (χ1) is 8.85. The fourth-order valence-corrected chi connectivity index (χ4v) is 2.67. The van der Waals surface area contributed by atoms with Crippen LogP contribution < -0.4 is 10.2 Å². The van der Waals surface area contributed by atoms with Gasteiger partial charge in [-0.25, -0.2) is 0 Å². The second-order valence-electron chi connectivity index (χ2n) is 4.81. The zero-order valence-electron chi connectivity index (χ0n) is 11.0. The smallest absolute Gasteiger partial charge is 0.0843 e. The van der Waals surface area contributed by atoms with Crippen molar-refractivity contribution >= 4 is 5.69 Å². The molecule has 1 aromatic rings. The third kappa shape index (κ3) is 3.02. The predicted octanol–water partition coefficient (Wildman–Crippen LogP) is 2.33. The molecule has 1 unspecified atom stereocenters. The molecule has 3 heteroatoms. The van der Waals surface area contributed by atoms with Gasteiger partial charge in [0.25, 0.3) is 0 Å². The molecule has 1 saturated heterocycles. The Hall–Kier alpha value is -1.53. The van der Waals surface area contributed by atoms with Gasteiger partial charge in [-0.3, -0.25) is 5.32 Å². The average Bonchev–Trinajstić information content (AvgIpc) is 2.45. The minimum Gasteiger partial charge on any atom is -0.370 e. The SMILES string of the molecule is CCc1ccccc1N1CCCC(NCC#N)C1. The van der Waals surface area contributed by atoms with E-state index in [2.05, 4.69) is 47.5 Å². The Bertz CT molecular complexity index is 422. The molecule has 0 bridgehead atoms. The van der Waals surface area contributed by atoms with Crippen LogP contribution in [0, 0.1) is 11.3 Å². The van der Waals surface area contributed by atoms with E-state index in [0.29, 0.717) is 12.6 Å². The summed E-state index contributed by atoms with van der Waals surface area (Å²) in [6.07, 6.45) is 3.44. The summed E-state index contributed by atoms with van der Waals surface area (Å²) in [5.74, 6) is 0. The molecule has 0 aromatic heterocycles. The predicted molar refractivity (Wildman–Crippen MR) is 74.7 cm³/mol. The summed E-state index contributed by atoms with van der Waals surface area (Å²) in [5.41, 5.74) is 2.78. The maximum Gasteiger partial charge on any atom is 0.0843 e. The fourth-order valence-electron chi connectivity index (χ4n) is 2.67. The lowest BCUT2D eigenvalue weighted by Gasteiger charge is -2.35. The van der Waals surface area contributed by atoms with E-state index in [0.717, 1.165) is 19.5 Å². The largest absolute Gasteiger partial charge is 0.370 e. The molecule has 96 valence electrons. The van der Waals surface area contributed by atoms with Crippen molar-refractivity contribution in [1.82, 2.24) is 5.32 Å². The second-order valence-corrected chi connectivity index (χ2v) is 4.81. The van der Waals surface area contributed by atoms with Crippen molar-refractivity contribution in [2.45, 2.75) is 32.2 Å². The molecule has 1 fully saturated rings. The molecule has 3 nitrogen and oxygen atoms in total. The van der Waals surface area contributed by atoms with Gasteiger partial charge in [0.1, 0.15) is 0 Å². The lowest BCUT2D eigenvalue weighted by Crippen LogP contribution is -2.46. The Morgan fingerprint density at radius 2 is 2.28 bits per heavy atom. The summed E-state index contributed by atoms with van der Waals surface area (Å²) in [6.45, 7) is 4.79. The summed E-state index contributed by atoms with van der Waals surface area (Å²) in [6, 6.07) is 11.3. The molecule has 1 aliphatic heterocycles. The van der Waals surface area contributed by atoms with Crippen molar-refractivity contribution in [1.29, 1.82) is 5.26 Å². The van der Waals surface area contributed by atoms with Crippen molar-refractivity contribution in [3.8, 4) is 6.07 Å². The molecule has 18 heavy (non-hydrogen) atoms. The summed E-state index contributed by atoms with van der Waals surface area (Å²) < 4.78 is 0. The molecule has 0 radical (unpaired) electrons. The first-order valence-corrected chi connectivity index (χ1v) is 6.78. The number of para-hydroxylation sites is 1. The summed E-state index contributed by atoms with van der Waals surface area (Å²) in [5, 5.41) is 11.9. The number of hydrogen-bond donors (Lipinski definition) is 1. The van der Waals surface area contributed by atoms with Gasteiger partial charge in [-0.2, -0.15) is 5.26 Å². The molecule has 1 N–H and O–H groups in total. The average molecular weight is 243 g/mol. The van der Waals surface area contributed by atoms with Crippen molar-refractivity contribution in [3.05, 3.63) is 29.8 Å². The highest BCUT2D eigenvalue weighted by molar-refractivity contribution is 5.54. The van der Waals surface area contributed by atoms with E-state index in [1.54, 1.807) is 0 Å². The van der Waals surface area contributed by atoms with E-state index < -0.39 is 0 Å². The van der Waals surface area contributed by atoms with Gasteiger partial charge in [-0.05, 0) is 30.9 Å². The molecule has 0 spiro atoms. The zero-order chi connectivity index (χ0) is 12.8. The van der Waals surface area contributed by atoms with Crippen molar-refractivity contribution in [2.75, 3.05) is 24.5 Å². The molecular formula is C15H21N3. The van der Waals surface area contributed by atoms with Gasteiger partial charge in [0.2, 0.25) is 0 Å². The van der Waals surface area contributed by atoms with Crippen LogP contribution in [0.1, 0.15) is 25.3 Å². The van der Waals surface area contributed by atoms with Gasteiger partial charge in [-0.15, -0.1) is 0 Å². The van der Waals surface area contributed by atoms with Crippen LogP contribution >= 0.6 is 0 Å².